The van der Waals surface area contributed by atoms with Crippen molar-refractivity contribution in [3.05, 3.63) is 29.8 Å². The van der Waals surface area contributed by atoms with E-state index in [-0.39, 0.29) is 11.3 Å². The largest absolute Gasteiger partial charge is 0.480 e. The van der Waals surface area contributed by atoms with Crippen LogP contribution in [0.15, 0.2) is 24.3 Å². The van der Waals surface area contributed by atoms with Crippen molar-refractivity contribution < 1.29 is 24.2 Å². The van der Waals surface area contributed by atoms with Gasteiger partial charge in [-0.3, -0.25) is 14.4 Å². The average molecular weight is 206 g/mol. The van der Waals surface area contributed by atoms with Gasteiger partial charge in [-0.1, -0.05) is 12.1 Å². The number of carbonyl (C=O) groups excluding carboxylic acids is 2. The van der Waals surface area contributed by atoms with Crippen LogP contribution in [0, 0.1) is 5.92 Å². The Hall–Kier alpha value is -2.17. The summed E-state index contributed by atoms with van der Waals surface area (Å²) < 4.78 is 4.74. The predicted molar refractivity (Wildman–Crippen MR) is 47.5 cm³/mol. The molecule has 15 heavy (non-hydrogen) atoms. The smallest absolute Gasteiger partial charge is 0.333 e. The first kappa shape index (κ1) is 9.39. The van der Waals surface area contributed by atoms with E-state index in [0.29, 0.717) is 0 Å². The first-order chi connectivity index (χ1) is 7.11. The van der Waals surface area contributed by atoms with Gasteiger partial charge in [-0.05, 0) is 12.1 Å². The van der Waals surface area contributed by atoms with Gasteiger partial charge in [0.15, 0.2) is 5.78 Å². The fraction of sp³-hybridized carbons (Fsp3) is 0.100. The first-order valence-corrected chi connectivity index (χ1v) is 4.19. The molecule has 5 heteroatoms. The molecule has 0 fully saturated rings. The Labute approximate surface area is 84.3 Å². The van der Waals surface area contributed by atoms with Crippen LogP contribution >= 0.6 is 0 Å². The van der Waals surface area contributed by atoms with E-state index < -0.39 is 23.6 Å². The van der Waals surface area contributed by atoms with Crippen LogP contribution in [-0.4, -0.2) is 22.8 Å². The topological polar surface area (TPSA) is 80.7 Å². The molecule has 0 saturated heterocycles. The second-order valence-corrected chi connectivity index (χ2v) is 3.05. The molecule has 76 valence electrons. The molecule has 0 spiro atoms. The molecule has 1 N–H and O–H groups in total. The number of ether oxygens (including phenoxy) is 1. The Balaban J connectivity index is 2.52. The van der Waals surface area contributed by atoms with Gasteiger partial charge in [0.1, 0.15) is 5.75 Å². The van der Waals surface area contributed by atoms with Gasteiger partial charge in [0.2, 0.25) is 5.92 Å². The molecule has 1 aliphatic heterocycles. The van der Waals surface area contributed by atoms with Gasteiger partial charge in [-0.25, -0.2) is 0 Å². The summed E-state index contributed by atoms with van der Waals surface area (Å²) in [7, 11) is 0. The minimum atomic E-state index is -1.74. The van der Waals surface area contributed by atoms with Crippen molar-refractivity contribution in [3.63, 3.8) is 0 Å². The molecule has 0 amide bonds. The summed E-state index contributed by atoms with van der Waals surface area (Å²) in [5.74, 6) is -4.87. The molecule has 0 aliphatic carbocycles. The van der Waals surface area contributed by atoms with Crippen molar-refractivity contribution in [2.45, 2.75) is 0 Å². The quantitative estimate of drug-likeness (QED) is 0.411. The Bertz CT molecular complexity index is 463. The van der Waals surface area contributed by atoms with Crippen LogP contribution in [0.4, 0.5) is 0 Å². The van der Waals surface area contributed by atoms with Crippen molar-refractivity contribution in [2.75, 3.05) is 0 Å². The molecule has 1 aromatic rings. The summed E-state index contributed by atoms with van der Waals surface area (Å²) in [5, 5.41) is 8.68. The number of carboxylic acid groups (broad SMARTS) is 1. The zero-order valence-electron chi connectivity index (χ0n) is 7.47. The number of carbonyl (C=O) groups is 3. The fourth-order valence-corrected chi connectivity index (χ4v) is 1.40. The number of Topliss-reactive ketones (excluding diaryl/α,β-unsaturated/α-hetero) is 1. The summed E-state index contributed by atoms with van der Waals surface area (Å²) in [6.07, 6.45) is 0. The zero-order chi connectivity index (χ0) is 11.0. The highest BCUT2D eigenvalue weighted by molar-refractivity contribution is 6.23. The highest BCUT2D eigenvalue weighted by atomic mass is 16.5. The van der Waals surface area contributed by atoms with E-state index in [1.54, 1.807) is 12.1 Å². The van der Waals surface area contributed by atoms with Gasteiger partial charge in [0, 0.05) is 0 Å². The summed E-state index contributed by atoms with van der Waals surface area (Å²) in [6, 6.07) is 6.05. The summed E-state index contributed by atoms with van der Waals surface area (Å²) in [6.45, 7) is 0. The van der Waals surface area contributed by atoms with Crippen LogP contribution in [0.5, 0.6) is 5.75 Å². The van der Waals surface area contributed by atoms with Crippen LogP contribution in [0.25, 0.3) is 0 Å². The molecule has 0 bridgehead atoms. The number of rotatable bonds is 1. The van der Waals surface area contributed by atoms with Crippen LogP contribution in [0.3, 0.4) is 0 Å². The average Bonchev–Trinajstić information content (AvgIpc) is 2.17. The third-order valence-electron chi connectivity index (χ3n) is 2.11. The lowest BCUT2D eigenvalue weighted by Crippen LogP contribution is -2.38. The van der Waals surface area contributed by atoms with E-state index in [1.165, 1.54) is 12.1 Å². The molecule has 2 rings (SSSR count). The molecular formula is C10H6O5. The van der Waals surface area contributed by atoms with Gasteiger partial charge in [0.25, 0.3) is 0 Å². The number of benzene rings is 1. The molecule has 0 aromatic heterocycles. The second kappa shape index (κ2) is 3.20. The summed E-state index contributed by atoms with van der Waals surface area (Å²) >= 11 is 0. The lowest BCUT2D eigenvalue weighted by atomic mass is 9.95. The Morgan fingerprint density at radius 3 is 2.60 bits per heavy atom. The van der Waals surface area contributed by atoms with E-state index in [1.807, 2.05) is 0 Å². The number of aliphatic carboxylic acids is 1. The normalized spacial score (nSPS) is 19.3. The number of hydrogen-bond donors (Lipinski definition) is 1. The van der Waals surface area contributed by atoms with Gasteiger partial charge in [-0.2, -0.15) is 0 Å². The van der Waals surface area contributed by atoms with Crippen molar-refractivity contribution >= 4 is 17.7 Å². The number of carboxylic acids is 1. The molecule has 0 saturated carbocycles. The molecule has 1 unspecified atom stereocenters. The lowest BCUT2D eigenvalue weighted by Gasteiger charge is -2.18. The maximum absolute atomic E-state index is 11.6. The van der Waals surface area contributed by atoms with E-state index in [2.05, 4.69) is 0 Å². The van der Waals surface area contributed by atoms with E-state index in [9.17, 15) is 14.4 Å². The van der Waals surface area contributed by atoms with Crippen molar-refractivity contribution in [3.8, 4) is 5.75 Å². The van der Waals surface area contributed by atoms with Crippen molar-refractivity contribution in [2.24, 2.45) is 5.92 Å². The van der Waals surface area contributed by atoms with Gasteiger partial charge < -0.3 is 9.84 Å². The van der Waals surface area contributed by atoms with Crippen LogP contribution in [0.2, 0.25) is 0 Å². The number of hydrogen-bond acceptors (Lipinski definition) is 4. The Kier molecular flexibility index (Phi) is 2.00. The van der Waals surface area contributed by atoms with Gasteiger partial charge in [0.05, 0.1) is 5.56 Å². The van der Waals surface area contributed by atoms with Crippen LogP contribution < -0.4 is 4.74 Å². The first-order valence-electron chi connectivity index (χ1n) is 4.19. The van der Waals surface area contributed by atoms with Crippen molar-refractivity contribution in [1.29, 1.82) is 0 Å². The highest BCUT2D eigenvalue weighted by Crippen LogP contribution is 2.27. The monoisotopic (exact) mass is 206 g/mol. The Morgan fingerprint density at radius 1 is 1.27 bits per heavy atom. The highest BCUT2D eigenvalue weighted by Gasteiger charge is 2.41. The van der Waals surface area contributed by atoms with E-state index in [4.69, 9.17) is 9.84 Å². The third-order valence-corrected chi connectivity index (χ3v) is 2.11. The molecule has 0 radical (unpaired) electrons. The lowest BCUT2D eigenvalue weighted by molar-refractivity contribution is -0.150. The minimum Gasteiger partial charge on any atom is -0.480 e. The number of esters is 1. The molecule has 1 aromatic carbocycles. The Morgan fingerprint density at radius 2 is 1.93 bits per heavy atom. The van der Waals surface area contributed by atoms with E-state index >= 15 is 0 Å². The minimum absolute atomic E-state index is 0.116. The zero-order valence-corrected chi connectivity index (χ0v) is 7.47. The molecule has 5 nitrogen and oxygen atoms in total. The van der Waals surface area contributed by atoms with E-state index in [0.717, 1.165) is 0 Å². The van der Waals surface area contributed by atoms with Gasteiger partial charge >= 0.3 is 11.9 Å². The fourth-order valence-electron chi connectivity index (χ4n) is 1.40. The summed E-state index contributed by atoms with van der Waals surface area (Å²) in [5.41, 5.74) is 0.129. The predicted octanol–water partition coefficient (Wildman–Crippen LogP) is 0.489. The second-order valence-electron chi connectivity index (χ2n) is 3.05. The van der Waals surface area contributed by atoms with Crippen molar-refractivity contribution in [1.82, 2.24) is 0 Å². The van der Waals surface area contributed by atoms with Crippen LogP contribution in [-0.2, 0) is 9.59 Å². The summed E-state index contributed by atoms with van der Waals surface area (Å²) in [4.78, 5) is 33.4. The molecule has 1 heterocycles. The third kappa shape index (κ3) is 1.38. The molecule has 1 atom stereocenters. The standard InChI is InChI=1S/C10H6O5/c11-8-5-3-1-2-4-6(5)15-10(14)7(8)9(12)13/h1-4,7H,(H,12,13). The number of fused-ring (bicyclic) bond motifs is 1. The molecular weight excluding hydrogens is 200 g/mol. The number of para-hydroxylation sites is 1. The maximum Gasteiger partial charge on any atom is 0.333 e. The number of ketones is 1. The maximum atomic E-state index is 11.6. The SMILES string of the molecule is O=C(O)C1C(=O)Oc2ccccc2C1=O. The van der Waals surface area contributed by atoms with Gasteiger partial charge in [-0.15, -0.1) is 0 Å². The van der Waals surface area contributed by atoms with Crippen LogP contribution in [0.1, 0.15) is 10.4 Å². The molecule has 1 aliphatic rings.